The Labute approximate surface area is 124 Å². The highest BCUT2D eigenvalue weighted by Crippen LogP contribution is 2.25. The van der Waals surface area contributed by atoms with Gasteiger partial charge in [-0.05, 0) is 38.5 Å². The first-order chi connectivity index (χ1) is 9.39. The zero-order valence-corrected chi connectivity index (χ0v) is 12.9. The van der Waals surface area contributed by atoms with Crippen LogP contribution in [-0.2, 0) is 17.2 Å². The van der Waals surface area contributed by atoms with Crippen molar-refractivity contribution in [3.63, 3.8) is 0 Å². The van der Waals surface area contributed by atoms with Gasteiger partial charge in [0.2, 0.25) is 0 Å². The summed E-state index contributed by atoms with van der Waals surface area (Å²) in [4.78, 5) is 13.8. The van der Waals surface area contributed by atoms with Gasteiger partial charge in [-0.25, -0.2) is 4.79 Å². The van der Waals surface area contributed by atoms with Crippen LogP contribution >= 0.6 is 11.6 Å². The first-order valence-electron chi connectivity index (χ1n) is 6.67. The maximum atomic E-state index is 12.2. The van der Waals surface area contributed by atoms with Crippen molar-refractivity contribution in [2.45, 2.75) is 38.8 Å². The van der Waals surface area contributed by atoms with E-state index in [0.717, 1.165) is 16.9 Å². The van der Waals surface area contributed by atoms with E-state index in [9.17, 15) is 4.79 Å². The third-order valence-electron chi connectivity index (χ3n) is 2.91. The summed E-state index contributed by atoms with van der Waals surface area (Å²) in [5, 5.41) is 0. The normalized spacial score (nSPS) is 15.1. The maximum absolute atomic E-state index is 12.2. The van der Waals surface area contributed by atoms with Crippen molar-refractivity contribution in [1.29, 1.82) is 0 Å². The van der Waals surface area contributed by atoms with Crippen LogP contribution in [0.1, 0.15) is 31.9 Å². The standard InChI is InChI=1S/C15H20ClNO3/c1-15(2,3)20-14(18)17-6-7-19-13-5-4-11(9-16)8-12(13)10-17/h4-5,8H,6-7,9-10H2,1-3H3. The Bertz CT molecular complexity index is 496. The van der Waals surface area contributed by atoms with Gasteiger partial charge in [-0.2, -0.15) is 0 Å². The molecule has 0 fully saturated rings. The number of nitrogens with zero attached hydrogens (tertiary/aromatic N) is 1. The van der Waals surface area contributed by atoms with E-state index in [1.165, 1.54) is 0 Å². The SMILES string of the molecule is CC(C)(C)OC(=O)N1CCOc2ccc(CCl)cc2C1. The predicted octanol–water partition coefficient (Wildman–Crippen LogP) is 3.55. The second-order valence-corrected chi connectivity index (χ2v) is 6.09. The number of rotatable bonds is 1. The molecule has 0 radical (unpaired) electrons. The average Bonchev–Trinajstić information content (AvgIpc) is 2.57. The van der Waals surface area contributed by atoms with Crippen molar-refractivity contribution in [1.82, 2.24) is 4.90 Å². The fourth-order valence-corrected chi connectivity index (χ4v) is 2.18. The van der Waals surface area contributed by atoms with Crippen LogP contribution in [0.15, 0.2) is 18.2 Å². The van der Waals surface area contributed by atoms with E-state index in [1.807, 2.05) is 39.0 Å². The third kappa shape index (κ3) is 3.79. The van der Waals surface area contributed by atoms with Crippen LogP contribution in [0.4, 0.5) is 4.79 Å². The molecule has 1 aliphatic heterocycles. The summed E-state index contributed by atoms with van der Waals surface area (Å²) in [6, 6.07) is 5.83. The van der Waals surface area contributed by atoms with E-state index in [2.05, 4.69) is 0 Å². The zero-order valence-electron chi connectivity index (χ0n) is 12.1. The largest absolute Gasteiger partial charge is 0.491 e. The monoisotopic (exact) mass is 297 g/mol. The number of carbonyl (C=O) groups excluding carboxylic acids is 1. The summed E-state index contributed by atoms with van der Waals surface area (Å²) in [5.41, 5.74) is 1.48. The van der Waals surface area contributed by atoms with Crippen LogP contribution in [-0.4, -0.2) is 29.7 Å². The molecule has 1 aromatic rings. The van der Waals surface area contributed by atoms with Crippen molar-refractivity contribution < 1.29 is 14.3 Å². The fourth-order valence-electron chi connectivity index (χ4n) is 2.01. The summed E-state index contributed by atoms with van der Waals surface area (Å²) in [7, 11) is 0. The van der Waals surface area contributed by atoms with Gasteiger partial charge < -0.3 is 14.4 Å². The van der Waals surface area contributed by atoms with Gasteiger partial charge in [-0.1, -0.05) is 6.07 Å². The van der Waals surface area contributed by atoms with Crippen LogP contribution < -0.4 is 4.74 Å². The van der Waals surface area contributed by atoms with Crippen molar-refractivity contribution in [2.24, 2.45) is 0 Å². The van der Waals surface area contributed by atoms with Gasteiger partial charge in [0.05, 0.1) is 13.1 Å². The second kappa shape index (κ2) is 5.92. The zero-order chi connectivity index (χ0) is 14.8. The van der Waals surface area contributed by atoms with Gasteiger partial charge in [0.1, 0.15) is 18.0 Å². The summed E-state index contributed by atoms with van der Waals surface area (Å²) in [6.45, 7) is 7.04. The van der Waals surface area contributed by atoms with E-state index in [-0.39, 0.29) is 6.09 Å². The van der Waals surface area contributed by atoms with Gasteiger partial charge in [0.15, 0.2) is 0 Å². The van der Waals surface area contributed by atoms with Crippen LogP contribution in [0.2, 0.25) is 0 Å². The Morgan fingerprint density at radius 1 is 1.45 bits per heavy atom. The lowest BCUT2D eigenvalue weighted by molar-refractivity contribution is 0.0225. The van der Waals surface area contributed by atoms with Crippen molar-refractivity contribution in [3.05, 3.63) is 29.3 Å². The van der Waals surface area contributed by atoms with Gasteiger partial charge >= 0.3 is 6.09 Å². The van der Waals surface area contributed by atoms with Crippen LogP contribution in [0.25, 0.3) is 0 Å². The predicted molar refractivity (Wildman–Crippen MR) is 78.1 cm³/mol. The molecule has 0 saturated heterocycles. The highest BCUT2D eigenvalue weighted by atomic mass is 35.5. The van der Waals surface area contributed by atoms with Gasteiger partial charge in [0.25, 0.3) is 0 Å². The fraction of sp³-hybridized carbons (Fsp3) is 0.533. The third-order valence-corrected chi connectivity index (χ3v) is 3.22. The summed E-state index contributed by atoms with van der Waals surface area (Å²) in [5.74, 6) is 1.25. The number of fused-ring (bicyclic) bond motifs is 1. The Balaban J connectivity index is 2.16. The lowest BCUT2D eigenvalue weighted by atomic mass is 10.1. The first-order valence-corrected chi connectivity index (χ1v) is 7.21. The Hall–Kier alpha value is -1.42. The number of benzene rings is 1. The number of ether oxygens (including phenoxy) is 2. The topological polar surface area (TPSA) is 38.8 Å². The Morgan fingerprint density at radius 3 is 2.85 bits per heavy atom. The molecule has 4 nitrogen and oxygen atoms in total. The molecule has 1 heterocycles. The lowest BCUT2D eigenvalue weighted by Gasteiger charge is -2.26. The van der Waals surface area contributed by atoms with E-state index in [4.69, 9.17) is 21.1 Å². The van der Waals surface area contributed by atoms with Crippen molar-refractivity contribution in [2.75, 3.05) is 13.2 Å². The molecule has 1 aliphatic rings. The molecular weight excluding hydrogens is 278 g/mol. The van der Waals surface area contributed by atoms with Gasteiger partial charge in [0, 0.05) is 11.4 Å². The van der Waals surface area contributed by atoms with E-state index in [0.29, 0.717) is 25.6 Å². The summed E-state index contributed by atoms with van der Waals surface area (Å²) < 4.78 is 11.1. The molecule has 20 heavy (non-hydrogen) atoms. The smallest absolute Gasteiger partial charge is 0.410 e. The maximum Gasteiger partial charge on any atom is 0.410 e. The number of halogens is 1. The minimum absolute atomic E-state index is 0.315. The van der Waals surface area contributed by atoms with Crippen molar-refractivity contribution >= 4 is 17.7 Å². The van der Waals surface area contributed by atoms with Crippen LogP contribution in [0.3, 0.4) is 0 Å². The molecule has 0 bridgehead atoms. The molecule has 0 unspecified atom stereocenters. The minimum atomic E-state index is -0.495. The lowest BCUT2D eigenvalue weighted by Crippen LogP contribution is -2.37. The molecule has 0 spiro atoms. The quantitative estimate of drug-likeness (QED) is 0.744. The second-order valence-electron chi connectivity index (χ2n) is 5.83. The number of carbonyl (C=O) groups is 1. The summed E-state index contributed by atoms with van der Waals surface area (Å²) in [6.07, 6.45) is -0.315. The first kappa shape index (κ1) is 15.0. The molecular formula is C15H20ClNO3. The molecule has 110 valence electrons. The molecule has 0 N–H and O–H groups in total. The molecule has 5 heteroatoms. The highest BCUT2D eigenvalue weighted by molar-refractivity contribution is 6.17. The highest BCUT2D eigenvalue weighted by Gasteiger charge is 2.25. The minimum Gasteiger partial charge on any atom is -0.491 e. The Morgan fingerprint density at radius 2 is 2.20 bits per heavy atom. The average molecular weight is 298 g/mol. The van der Waals surface area contributed by atoms with E-state index < -0.39 is 5.60 Å². The summed E-state index contributed by atoms with van der Waals surface area (Å²) >= 11 is 5.85. The van der Waals surface area contributed by atoms with Crippen LogP contribution in [0.5, 0.6) is 5.75 Å². The van der Waals surface area contributed by atoms with E-state index >= 15 is 0 Å². The molecule has 0 atom stereocenters. The Kier molecular flexibility index (Phi) is 4.43. The molecule has 0 saturated carbocycles. The van der Waals surface area contributed by atoms with E-state index in [1.54, 1.807) is 4.90 Å². The van der Waals surface area contributed by atoms with Crippen molar-refractivity contribution in [3.8, 4) is 5.75 Å². The molecule has 0 aromatic heterocycles. The molecule has 1 amide bonds. The molecule has 0 aliphatic carbocycles. The van der Waals surface area contributed by atoms with Gasteiger partial charge in [-0.15, -0.1) is 11.6 Å². The number of amides is 1. The number of alkyl halides is 1. The van der Waals surface area contributed by atoms with Crippen LogP contribution in [0, 0.1) is 0 Å². The molecule has 2 rings (SSSR count). The molecule has 1 aromatic carbocycles. The number of hydrogen-bond acceptors (Lipinski definition) is 3. The van der Waals surface area contributed by atoms with Gasteiger partial charge in [-0.3, -0.25) is 0 Å². The number of hydrogen-bond donors (Lipinski definition) is 0.